The lowest BCUT2D eigenvalue weighted by molar-refractivity contribution is -0.155. The van der Waals surface area contributed by atoms with E-state index in [4.69, 9.17) is 16.3 Å². The Hall–Kier alpha value is -2.83. The summed E-state index contributed by atoms with van der Waals surface area (Å²) >= 11 is 7.27. The van der Waals surface area contributed by atoms with Crippen molar-refractivity contribution in [3.63, 3.8) is 0 Å². The first-order valence-corrected chi connectivity index (χ1v) is 9.70. The maximum absolute atomic E-state index is 12.9. The summed E-state index contributed by atoms with van der Waals surface area (Å²) in [5, 5.41) is 11.3. The van der Waals surface area contributed by atoms with Crippen molar-refractivity contribution in [3.8, 4) is 0 Å². The average Bonchev–Trinajstić information content (AvgIpc) is 2.73. The second-order valence-corrected chi connectivity index (χ2v) is 7.59. The van der Waals surface area contributed by atoms with E-state index in [1.165, 1.54) is 0 Å². The molecule has 0 atom stereocenters. The molecule has 140 valence electrons. The molecule has 1 N–H and O–H groups in total. The summed E-state index contributed by atoms with van der Waals surface area (Å²) in [6, 6.07) is 17.8. The van der Waals surface area contributed by atoms with Gasteiger partial charge in [0.1, 0.15) is 10.7 Å². The van der Waals surface area contributed by atoms with Crippen LogP contribution in [0.2, 0.25) is 5.02 Å². The zero-order chi connectivity index (χ0) is 19.6. The molecule has 5 nitrogen and oxygen atoms in total. The number of aliphatic hydroxyl groups is 1. The quantitative estimate of drug-likeness (QED) is 0.618. The molecular formula is C21H15ClN2O3S. The van der Waals surface area contributed by atoms with Crippen LogP contribution in [0, 0.1) is 0 Å². The van der Waals surface area contributed by atoms with Crippen LogP contribution in [0.3, 0.4) is 0 Å². The molecule has 0 fully saturated rings. The summed E-state index contributed by atoms with van der Waals surface area (Å²) in [6.45, 7) is 0. The average molecular weight is 411 g/mol. The summed E-state index contributed by atoms with van der Waals surface area (Å²) in [7, 11) is 0. The Kier molecular flexibility index (Phi) is 5.07. The van der Waals surface area contributed by atoms with Crippen LogP contribution in [0.5, 0.6) is 0 Å². The maximum Gasteiger partial charge on any atom is 0.349 e. The van der Waals surface area contributed by atoms with Gasteiger partial charge in [-0.05, 0) is 36.4 Å². The second-order valence-electron chi connectivity index (χ2n) is 6.13. The number of carbonyl (C=O) groups is 1. The first-order valence-electron chi connectivity index (χ1n) is 8.51. The highest BCUT2D eigenvalue weighted by atomic mass is 35.5. The number of hydrogen-bond donors (Lipinski definition) is 1. The lowest BCUT2D eigenvalue weighted by Gasteiger charge is -2.35. The highest BCUT2D eigenvalue weighted by molar-refractivity contribution is 8.04. The first kappa shape index (κ1) is 18.5. The van der Waals surface area contributed by atoms with Gasteiger partial charge in [-0.15, -0.1) is 0 Å². The number of aliphatic hydroxyl groups excluding tert-OH is 1. The van der Waals surface area contributed by atoms with Crippen molar-refractivity contribution in [2.75, 3.05) is 0 Å². The Bertz CT molecular complexity index is 1000. The van der Waals surface area contributed by atoms with Gasteiger partial charge >= 0.3 is 5.97 Å². The molecule has 0 amide bonds. The third-order valence-corrected chi connectivity index (χ3v) is 5.96. The lowest BCUT2D eigenvalue weighted by Crippen LogP contribution is -2.39. The monoisotopic (exact) mass is 410 g/mol. The van der Waals surface area contributed by atoms with E-state index in [-0.39, 0.29) is 17.1 Å². The van der Waals surface area contributed by atoms with Gasteiger partial charge in [0.15, 0.2) is 0 Å². The highest BCUT2D eigenvalue weighted by Crippen LogP contribution is 2.45. The zero-order valence-electron chi connectivity index (χ0n) is 14.6. The minimum atomic E-state index is -1.30. The number of esters is 1. The lowest BCUT2D eigenvalue weighted by atomic mass is 9.87. The van der Waals surface area contributed by atoms with E-state index in [1.807, 2.05) is 6.07 Å². The number of rotatable bonds is 4. The number of thioether (sulfide) groups is 1. The number of nitrogens with zero attached hydrogens (tertiary/aromatic N) is 2. The van der Waals surface area contributed by atoms with E-state index in [0.29, 0.717) is 21.3 Å². The summed E-state index contributed by atoms with van der Waals surface area (Å²) in [5.74, 6) is -0.734. The smallest absolute Gasteiger partial charge is 0.349 e. The molecule has 0 radical (unpaired) electrons. The Morgan fingerprint density at radius 3 is 2.11 bits per heavy atom. The van der Waals surface area contributed by atoms with Crippen LogP contribution in [0.25, 0.3) is 0 Å². The predicted molar refractivity (Wildman–Crippen MR) is 107 cm³/mol. The van der Waals surface area contributed by atoms with Gasteiger partial charge in [-0.2, -0.15) is 0 Å². The van der Waals surface area contributed by atoms with Gasteiger partial charge < -0.3 is 9.84 Å². The molecule has 3 aromatic rings. The Morgan fingerprint density at radius 1 is 0.964 bits per heavy atom. The standard InChI is InChI=1S/C21H15ClN2O3S/c22-14-7-1-2-8-16(14)28-19-15(25)13-21(27-20(19)26,17-9-3-5-11-23-17)18-10-4-6-12-24-18/h1-12,25H,13H2. The molecule has 1 aliphatic heterocycles. The van der Waals surface area contributed by atoms with E-state index < -0.39 is 11.6 Å². The largest absolute Gasteiger partial charge is 0.511 e. The molecule has 0 aliphatic carbocycles. The van der Waals surface area contributed by atoms with E-state index in [9.17, 15) is 9.90 Å². The van der Waals surface area contributed by atoms with Gasteiger partial charge in [-0.3, -0.25) is 9.97 Å². The molecule has 2 aromatic heterocycles. The summed E-state index contributed by atoms with van der Waals surface area (Å²) < 4.78 is 5.90. The minimum absolute atomic E-state index is 0.0273. The third kappa shape index (κ3) is 3.37. The van der Waals surface area contributed by atoms with Crippen LogP contribution in [0.1, 0.15) is 17.8 Å². The van der Waals surface area contributed by atoms with Crippen LogP contribution in [0.4, 0.5) is 0 Å². The SMILES string of the molecule is O=C1OC(c2ccccn2)(c2ccccn2)CC(O)=C1Sc1ccccc1Cl. The number of aromatic nitrogens is 2. The zero-order valence-corrected chi connectivity index (χ0v) is 16.2. The van der Waals surface area contributed by atoms with Gasteiger partial charge in [0.2, 0.25) is 5.60 Å². The fraction of sp³-hybridized carbons (Fsp3) is 0.0952. The topological polar surface area (TPSA) is 72.3 Å². The van der Waals surface area contributed by atoms with E-state index >= 15 is 0 Å². The molecule has 0 saturated heterocycles. The van der Waals surface area contributed by atoms with Crippen molar-refractivity contribution in [2.45, 2.75) is 16.9 Å². The summed E-state index contributed by atoms with van der Waals surface area (Å²) in [5.41, 5.74) is -0.306. The fourth-order valence-corrected chi connectivity index (χ4v) is 4.13. The molecular weight excluding hydrogens is 396 g/mol. The summed E-state index contributed by atoms with van der Waals surface area (Å²) in [6.07, 6.45) is 3.25. The van der Waals surface area contributed by atoms with Crippen molar-refractivity contribution in [1.29, 1.82) is 0 Å². The van der Waals surface area contributed by atoms with Crippen molar-refractivity contribution in [1.82, 2.24) is 9.97 Å². The predicted octanol–water partition coefficient (Wildman–Crippen LogP) is 4.88. The number of cyclic esters (lactones) is 1. The Labute approximate surface area is 171 Å². The fourth-order valence-electron chi connectivity index (χ4n) is 3.03. The summed E-state index contributed by atoms with van der Waals surface area (Å²) in [4.78, 5) is 22.4. The van der Waals surface area contributed by atoms with Crippen molar-refractivity contribution in [3.05, 3.63) is 100 Å². The molecule has 7 heteroatoms. The first-order chi connectivity index (χ1) is 13.6. The van der Waals surface area contributed by atoms with Crippen molar-refractivity contribution in [2.24, 2.45) is 0 Å². The van der Waals surface area contributed by atoms with Crippen LogP contribution < -0.4 is 0 Å². The molecule has 0 unspecified atom stereocenters. The highest BCUT2D eigenvalue weighted by Gasteiger charge is 2.47. The molecule has 0 saturated carbocycles. The van der Waals surface area contributed by atoms with Crippen molar-refractivity contribution < 1.29 is 14.6 Å². The number of pyridine rings is 2. The second kappa shape index (κ2) is 7.66. The van der Waals surface area contributed by atoms with E-state index in [1.54, 1.807) is 67.0 Å². The number of ether oxygens (including phenoxy) is 1. The van der Waals surface area contributed by atoms with Gasteiger partial charge in [-0.25, -0.2) is 4.79 Å². The molecule has 0 spiro atoms. The van der Waals surface area contributed by atoms with Gasteiger partial charge in [0.05, 0.1) is 22.8 Å². The Balaban J connectivity index is 1.79. The van der Waals surface area contributed by atoms with Crippen molar-refractivity contribution >= 4 is 29.3 Å². The molecule has 3 heterocycles. The van der Waals surface area contributed by atoms with Gasteiger partial charge in [0.25, 0.3) is 0 Å². The van der Waals surface area contributed by atoms with Crippen LogP contribution in [-0.4, -0.2) is 21.0 Å². The van der Waals surface area contributed by atoms with E-state index in [0.717, 1.165) is 11.8 Å². The minimum Gasteiger partial charge on any atom is -0.511 e. The van der Waals surface area contributed by atoms with Crippen LogP contribution in [0.15, 0.2) is 88.6 Å². The molecule has 1 aliphatic rings. The Morgan fingerprint density at radius 2 is 1.57 bits per heavy atom. The molecule has 28 heavy (non-hydrogen) atoms. The normalized spacial score (nSPS) is 16.0. The molecule has 1 aromatic carbocycles. The number of carbonyl (C=O) groups excluding carboxylic acids is 1. The van der Waals surface area contributed by atoms with Gasteiger partial charge in [0, 0.05) is 17.3 Å². The maximum atomic E-state index is 12.9. The van der Waals surface area contributed by atoms with Crippen LogP contribution in [-0.2, 0) is 15.1 Å². The third-order valence-electron chi connectivity index (χ3n) is 4.34. The molecule has 4 rings (SSSR count). The van der Waals surface area contributed by atoms with Gasteiger partial charge in [-0.1, -0.05) is 47.6 Å². The number of hydrogen-bond acceptors (Lipinski definition) is 6. The number of halogens is 1. The van der Waals surface area contributed by atoms with Crippen LogP contribution >= 0.6 is 23.4 Å². The molecule has 0 bridgehead atoms. The van der Waals surface area contributed by atoms with E-state index in [2.05, 4.69) is 9.97 Å². The number of benzene rings is 1.